The zero-order valence-electron chi connectivity index (χ0n) is 20.8. The van der Waals surface area contributed by atoms with Gasteiger partial charge in [-0.3, -0.25) is 16.5 Å². The summed E-state index contributed by atoms with van der Waals surface area (Å²) in [4.78, 5) is 19.7. The van der Waals surface area contributed by atoms with E-state index in [0.717, 1.165) is 28.4 Å². The molecule has 0 aromatic rings. The first-order chi connectivity index (χ1) is 11.6. The van der Waals surface area contributed by atoms with E-state index in [9.17, 15) is 39.1 Å². The first-order valence-corrected chi connectivity index (χ1v) is 8.83. The third-order valence-corrected chi connectivity index (χ3v) is 5.68. The van der Waals surface area contributed by atoms with Gasteiger partial charge in [-0.05, 0) is 11.1 Å². The van der Waals surface area contributed by atoms with Crippen LogP contribution in [0.1, 0.15) is 0 Å². The fourth-order valence-corrected chi connectivity index (χ4v) is 2.36. The van der Waals surface area contributed by atoms with E-state index in [-0.39, 0.29) is 132 Å². The van der Waals surface area contributed by atoms with Gasteiger partial charge in [0.15, 0.2) is 0 Å². The predicted molar refractivity (Wildman–Crippen MR) is 66.6 cm³/mol. The molecule has 0 atom stereocenters. The van der Waals surface area contributed by atoms with Crippen LogP contribution in [0.15, 0.2) is 0 Å². The number of aldehydes is 2. The van der Waals surface area contributed by atoms with Gasteiger partial charge in [0.2, 0.25) is 0 Å². The third kappa shape index (κ3) is 25.6. The average molecular weight is 472 g/mol. The van der Waals surface area contributed by atoms with Crippen molar-refractivity contribution in [1.82, 2.24) is 0 Å². The Labute approximate surface area is 276 Å². The second kappa shape index (κ2) is 31.8. The van der Waals surface area contributed by atoms with Crippen LogP contribution >= 0.6 is 15.2 Å². The molecule has 33 heavy (non-hydrogen) atoms. The molecule has 0 aliphatic heterocycles. The van der Waals surface area contributed by atoms with Crippen molar-refractivity contribution in [3.05, 3.63) is 0 Å². The molecule has 0 saturated carbocycles. The van der Waals surface area contributed by atoms with E-state index in [1.807, 2.05) is 0 Å². The Morgan fingerprint density at radius 1 is 0.576 bits per heavy atom. The van der Waals surface area contributed by atoms with Crippen molar-refractivity contribution < 1.29 is 204 Å². The van der Waals surface area contributed by atoms with Crippen LogP contribution in [0.3, 0.4) is 0 Å². The van der Waals surface area contributed by atoms with Gasteiger partial charge in [0.05, 0.1) is 0 Å². The smallest absolute Gasteiger partial charge is 0.907 e. The van der Waals surface area contributed by atoms with Gasteiger partial charge >= 0.3 is 147 Å². The van der Waals surface area contributed by atoms with Crippen molar-refractivity contribution in [1.29, 1.82) is 0 Å². The maximum atomic E-state index is 10.9. The van der Waals surface area contributed by atoms with Crippen molar-refractivity contribution in [2.24, 2.45) is 0 Å². The van der Waals surface area contributed by atoms with Gasteiger partial charge in [-0.25, -0.2) is 0 Å². The van der Waals surface area contributed by atoms with E-state index in [1.165, 1.54) is 0 Å². The Kier molecular flexibility index (Phi) is 63.2. The molecule has 0 amide bonds. The molecule has 0 saturated heterocycles. The number of hydrogen-bond donors (Lipinski definition) is 0. The molecule has 0 aliphatic carbocycles. The summed E-state index contributed by atoms with van der Waals surface area (Å²) in [7, 11) is -8.21. The fraction of sp³-hybridized carbons (Fsp3) is 0.750. The maximum absolute atomic E-state index is 10.9. The van der Waals surface area contributed by atoms with Gasteiger partial charge in [-0.2, -0.15) is 0 Å². The molecular weight excluding hydrogens is 457 g/mol. The van der Waals surface area contributed by atoms with Crippen LogP contribution in [0, 0.1) is 0 Å². The molecular formula is C8H14BLi7O15P2. The van der Waals surface area contributed by atoms with Crippen LogP contribution in [-0.4, -0.2) is 59.4 Å². The molecule has 0 N–H and O–H groups in total. The van der Waals surface area contributed by atoms with Gasteiger partial charge in [0.25, 0.3) is 0 Å². The summed E-state index contributed by atoms with van der Waals surface area (Å²) in [5.74, 6) is 0. The first kappa shape index (κ1) is 65.6. The summed E-state index contributed by atoms with van der Waals surface area (Å²) in [5, 5.41) is 67.3. The Morgan fingerprint density at radius 3 is 0.727 bits per heavy atom. The fourth-order valence-electron chi connectivity index (χ4n) is 0.787. The zero-order valence-corrected chi connectivity index (χ0v) is 22.5. The molecule has 0 spiro atoms. The van der Waals surface area contributed by atoms with Gasteiger partial charge in [0, 0.05) is 28.4 Å². The van der Waals surface area contributed by atoms with E-state index in [4.69, 9.17) is 15.1 Å². The number of hydrogen-bond acceptors (Lipinski definition) is 15. The third-order valence-electron chi connectivity index (χ3n) is 2.02. The summed E-state index contributed by atoms with van der Waals surface area (Å²) >= 11 is 0. The van der Waals surface area contributed by atoms with Gasteiger partial charge < -0.3 is 63.2 Å². The molecule has 25 heteroatoms. The minimum Gasteiger partial charge on any atom is -0.907 e. The standard InChI is InChI=1S/2C4H7O6P.BO3.7Li/c2*1-9-11(8,10-2)4(6,7)3-5;2-1(3)4;;;;;;;/h2*3H,1-2H3;;;;;;;;/q2*-2;-3;7*+1. The second-order valence-corrected chi connectivity index (χ2v) is 8.21. The van der Waals surface area contributed by atoms with Crippen molar-refractivity contribution in [3.8, 4) is 0 Å². The Balaban J connectivity index is -0.0000000291. The van der Waals surface area contributed by atoms with Crippen LogP contribution < -0.4 is 168 Å². The van der Waals surface area contributed by atoms with E-state index in [0.29, 0.717) is 0 Å². The molecule has 0 rings (SSSR count). The molecule has 0 heterocycles. The summed E-state index contributed by atoms with van der Waals surface area (Å²) in [6.45, 7) is 0. The van der Waals surface area contributed by atoms with E-state index < -0.39 is 46.1 Å². The average Bonchev–Trinajstić information content (AvgIpc) is 2.59. The molecule has 0 fully saturated rings. The maximum Gasteiger partial charge on any atom is 1.00 e. The topological polar surface area (TPSA) is 267 Å². The molecule has 15 nitrogen and oxygen atoms in total. The van der Waals surface area contributed by atoms with Gasteiger partial charge in [-0.15, -0.1) is 0 Å². The quantitative estimate of drug-likeness (QED) is 0.137. The van der Waals surface area contributed by atoms with Gasteiger partial charge in [0.1, 0.15) is 12.6 Å². The first-order valence-electron chi connectivity index (χ1n) is 5.75. The van der Waals surface area contributed by atoms with E-state index in [2.05, 4.69) is 18.1 Å². The minimum atomic E-state index is -4.36. The van der Waals surface area contributed by atoms with E-state index >= 15 is 0 Å². The van der Waals surface area contributed by atoms with Crippen molar-refractivity contribution >= 4 is 35.1 Å². The normalized spacial score (nSPS) is 9.55. The van der Waals surface area contributed by atoms with Crippen LogP contribution in [0.25, 0.3) is 0 Å². The SMILES string of the molecule is COP(=O)(OC)C([O-])([O-])C=O.COP(=O)(OC)C([O-])([O-])C=O.[Li+].[Li+].[Li+].[Li+].[Li+].[Li+].[Li+].[O-]B([O-])[O-]. The largest absolute Gasteiger partial charge is 1.00 e. The number of carbonyl (C=O) groups excluding carboxylic acids is 2. The second-order valence-electron chi connectivity index (χ2n) is 3.51. The molecule has 0 unspecified atom stereocenters. The molecule has 0 radical (unpaired) electrons. The van der Waals surface area contributed by atoms with Crippen LogP contribution in [0.2, 0.25) is 0 Å². The van der Waals surface area contributed by atoms with Gasteiger partial charge in [-0.1, -0.05) is 0 Å². The molecule has 0 bridgehead atoms. The van der Waals surface area contributed by atoms with Crippen molar-refractivity contribution in [2.75, 3.05) is 28.4 Å². The van der Waals surface area contributed by atoms with Crippen molar-refractivity contribution in [2.45, 2.75) is 11.1 Å². The minimum absolute atomic E-state index is 0. The van der Waals surface area contributed by atoms with Crippen molar-refractivity contribution in [3.63, 3.8) is 0 Å². The monoisotopic (exact) mass is 472 g/mol. The molecule has 0 aliphatic rings. The summed E-state index contributed by atoms with van der Waals surface area (Å²) < 4.78 is 37.9. The Bertz CT molecular complexity index is 470. The molecule has 0 aromatic carbocycles. The summed E-state index contributed by atoms with van der Waals surface area (Å²) in [5.41, 5.74) is -7.15. The van der Waals surface area contributed by atoms with Crippen LogP contribution in [0.5, 0.6) is 0 Å². The molecule has 0 aromatic heterocycles. The predicted octanol–water partition coefficient (Wildman–Crippen LogP) is -28.8. The Morgan fingerprint density at radius 2 is 0.697 bits per heavy atom. The summed E-state index contributed by atoms with van der Waals surface area (Å²) in [6, 6.07) is 0. The van der Waals surface area contributed by atoms with Crippen LogP contribution in [-0.2, 0) is 36.8 Å². The summed E-state index contributed by atoms with van der Waals surface area (Å²) in [6.07, 6.45) is -1.08. The molecule has 156 valence electrons. The van der Waals surface area contributed by atoms with Crippen LogP contribution in [0.4, 0.5) is 0 Å². The van der Waals surface area contributed by atoms with E-state index in [1.54, 1.807) is 0 Å². The number of carbonyl (C=O) groups is 2. The Hall–Kier alpha value is 3.61. The zero-order chi connectivity index (χ0) is 21.8. The number of rotatable bonds is 8.